The fraction of sp³-hybridized carbons (Fsp3) is 0.379. The van der Waals surface area contributed by atoms with Crippen LogP contribution in [-0.2, 0) is 12.0 Å². The van der Waals surface area contributed by atoms with Crippen LogP contribution in [-0.4, -0.2) is 42.0 Å². The molecule has 1 aromatic heterocycles. The normalized spacial score (nSPS) is 15.1. The molecule has 2 heterocycles. The van der Waals surface area contributed by atoms with Gasteiger partial charge in [0.05, 0.1) is 0 Å². The molecule has 1 saturated heterocycles. The number of nitrogens with two attached hydrogens (primary N) is 1. The van der Waals surface area contributed by atoms with Gasteiger partial charge in [-0.3, -0.25) is 4.79 Å². The number of carbonyl (C=O) groups excluding carboxylic acids is 1. The predicted octanol–water partition coefficient (Wildman–Crippen LogP) is 5.03. The third-order valence-electron chi connectivity index (χ3n) is 6.63. The molecule has 1 aliphatic heterocycles. The lowest BCUT2D eigenvalue weighted by Gasteiger charge is -2.29. The molecule has 1 aliphatic rings. The number of nitrogens with one attached hydrogen (secondary N) is 1. The SMILES string of the molecule is CN1CCC(NC(=O)c2ccc(-c3cnc(N)c(OCc4ccc(C(C)(C)C)cc4)c3)cc2)CC1. The van der Waals surface area contributed by atoms with Gasteiger partial charge in [-0.2, -0.15) is 0 Å². The number of piperidine rings is 1. The second-order valence-corrected chi connectivity index (χ2v) is 10.5. The number of hydrogen-bond acceptors (Lipinski definition) is 5. The molecule has 0 saturated carbocycles. The fourth-order valence-electron chi connectivity index (χ4n) is 4.23. The number of nitrogen functional groups attached to an aromatic ring is 1. The van der Waals surface area contributed by atoms with E-state index in [0.29, 0.717) is 23.7 Å². The quantitative estimate of drug-likeness (QED) is 0.526. The lowest BCUT2D eigenvalue weighted by atomic mass is 9.87. The van der Waals surface area contributed by atoms with Crippen molar-refractivity contribution in [2.75, 3.05) is 25.9 Å². The van der Waals surface area contributed by atoms with Gasteiger partial charge in [-0.25, -0.2) is 4.98 Å². The van der Waals surface area contributed by atoms with Crippen LogP contribution in [0.15, 0.2) is 60.8 Å². The summed E-state index contributed by atoms with van der Waals surface area (Å²) in [7, 11) is 2.11. The summed E-state index contributed by atoms with van der Waals surface area (Å²) in [6.07, 6.45) is 3.70. The molecule has 3 aromatic rings. The zero-order valence-electron chi connectivity index (χ0n) is 21.2. The van der Waals surface area contributed by atoms with Crippen LogP contribution in [0.5, 0.6) is 5.75 Å². The predicted molar refractivity (Wildman–Crippen MR) is 142 cm³/mol. The number of ether oxygens (including phenoxy) is 1. The van der Waals surface area contributed by atoms with Crippen molar-refractivity contribution in [3.8, 4) is 16.9 Å². The Bertz CT molecular complexity index is 1140. The van der Waals surface area contributed by atoms with Crippen molar-refractivity contribution in [1.82, 2.24) is 15.2 Å². The molecule has 3 N–H and O–H groups in total. The zero-order chi connectivity index (χ0) is 25.0. The van der Waals surface area contributed by atoms with Crippen LogP contribution < -0.4 is 15.8 Å². The van der Waals surface area contributed by atoms with E-state index < -0.39 is 0 Å². The molecule has 0 unspecified atom stereocenters. The summed E-state index contributed by atoms with van der Waals surface area (Å²) in [5, 5.41) is 3.16. The molecule has 4 rings (SSSR count). The molecule has 1 fully saturated rings. The van der Waals surface area contributed by atoms with Gasteiger partial charge >= 0.3 is 0 Å². The summed E-state index contributed by atoms with van der Waals surface area (Å²) in [5.74, 6) is 0.878. The van der Waals surface area contributed by atoms with Crippen LogP contribution in [0.4, 0.5) is 5.82 Å². The highest BCUT2D eigenvalue weighted by Gasteiger charge is 2.19. The lowest BCUT2D eigenvalue weighted by molar-refractivity contribution is 0.0917. The highest BCUT2D eigenvalue weighted by molar-refractivity contribution is 5.94. The third kappa shape index (κ3) is 6.40. The van der Waals surface area contributed by atoms with E-state index >= 15 is 0 Å². The van der Waals surface area contributed by atoms with E-state index in [9.17, 15) is 4.79 Å². The van der Waals surface area contributed by atoms with Crippen LogP contribution in [0.1, 0.15) is 55.1 Å². The van der Waals surface area contributed by atoms with E-state index in [0.717, 1.165) is 42.6 Å². The van der Waals surface area contributed by atoms with Gasteiger partial charge in [0, 0.05) is 23.4 Å². The molecule has 35 heavy (non-hydrogen) atoms. The van der Waals surface area contributed by atoms with Gasteiger partial charge in [0.15, 0.2) is 11.6 Å². The number of amides is 1. The van der Waals surface area contributed by atoms with Gasteiger partial charge in [0.25, 0.3) is 5.91 Å². The average Bonchev–Trinajstić information content (AvgIpc) is 2.85. The number of nitrogens with zero attached hydrogens (tertiary/aromatic N) is 2. The standard InChI is InChI=1S/C29H36N4O2/c1-29(2,3)24-11-5-20(6-12-24)19-35-26-17-23(18-31-27(26)30)21-7-9-22(10-8-21)28(34)32-25-13-15-33(4)16-14-25/h5-12,17-18,25H,13-16,19H2,1-4H3,(H2,30,31)(H,32,34). The Morgan fingerprint density at radius 1 is 1.06 bits per heavy atom. The first kappa shape index (κ1) is 24.7. The van der Waals surface area contributed by atoms with Gasteiger partial charge < -0.3 is 20.7 Å². The minimum absolute atomic E-state index is 0.0250. The molecular weight excluding hydrogens is 436 g/mol. The second-order valence-electron chi connectivity index (χ2n) is 10.5. The van der Waals surface area contributed by atoms with Crippen molar-refractivity contribution in [2.24, 2.45) is 0 Å². The van der Waals surface area contributed by atoms with Gasteiger partial charge in [0.2, 0.25) is 0 Å². The summed E-state index contributed by atoms with van der Waals surface area (Å²) in [5.41, 5.74) is 11.1. The van der Waals surface area contributed by atoms with Crippen molar-refractivity contribution < 1.29 is 9.53 Å². The minimum atomic E-state index is -0.0250. The van der Waals surface area contributed by atoms with E-state index in [-0.39, 0.29) is 17.4 Å². The van der Waals surface area contributed by atoms with Crippen molar-refractivity contribution in [2.45, 2.75) is 51.7 Å². The van der Waals surface area contributed by atoms with Crippen LogP contribution in [0.25, 0.3) is 11.1 Å². The Labute approximate surface area is 208 Å². The number of hydrogen-bond donors (Lipinski definition) is 2. The number of carbonyl (C=O) groups is 1. The number of rotatable bonds is 6. The van der Waals surface area contributed by atoms with Crippen molar-refractivity contribution in [1.29, 1.82) is 0 Å². The zero-order valence-corrected chi connectivity index (χ0v) is 21.2. The smallest absolute Gasteiger partial charge is 0.251 e. The van der Waals surface area contributed by atoms with Gasteiger partial charge in [-0.15, -0.1) is 0 Å². The molecule has 6 nitrogen and oxygen atoms in total. The highest BCUT2D eigenvalue weighted by atomic mass is 16.5. The number of pyridine rings is 1. The summed E-state index contributed by atoms with van der Waals surface area (Å²) >= 11 is 0. The molecule has 184 valence electrons. The Hall–Kier alpha value is -3.38. The largest absolute Gasteiger partial charge is 0.485 e. The second kappa shape index (κ2) is 10.5. The first-order valence-electron chi connectivity index (χ1n) is 12.3. The van der Waals surface area contributed by atoms with Crippen molar-refractivity contribution in [3.05, 3.63) is 77.5 Å². The maximum atomic E-state index is 12.7. The summed E-state index contributed by atoms with van der Waals surface area (Å²) in [6.45, 7) is 9.04. The Kier molecular flexibility index (Phi) is 7.41. The van der Waals surface area contributed by atoms with Crippen molar-refractivity contribution >= 4 is 11.7 Å². The molecule has 0 radical (unpaired) electrons. The molecule has 2 aromatic carbocycles. The fourth-order valence-corrected chi connectivity index (χ4v) is 4.23. The Morgan fingerprint density at radius 3 is 2.34 bits per heavy atom. The first-order valence-corrected chi connectivity index (χ1v) is 12.3. The maximum Gasteiger partial charge on any atom is 0.251 e. The molecular formula is C29H36N4O2. The van der Waals surface area contributed by atoms with Crippen LogP contribution in [0, 0.1) is 0 Å². The van der Waals surface area contributed by atoms with E-state index in [4.69, 9.17) is 10.5 Å². The first-order chi connectivity index (χ1) is 16.7. The molecule has 6 heteroatoms. The van der Waals surface area contributed by atoms with E-state index in [1.807, 2.05) is 30.3 Å². The summed E-state index contributed by atoms with van der Waals surface area (Å²) in [6, 6.07) is 18.2. The van der Waals surface area contributed by atoms with Crippen LogP contribution in [0.2, 0.25) is 0 Å². The number of likely N-dealkylation sites (tertiary alicyclic amines) is 1. The van der Waals surface area contributed by atoms with Crippen LogP contribution in [0.3, 0.4) is 0 Å². The topological polar surface area (TPSA) is 80.5 Å². The van der Waals surface area contributed by atoms with E-state index in [1.165, 1.54) is 5.56 Å². The summed E-state index contributed by atoms with van der Waals surface area (Å²) < 4.78 is 6.01. The highest BCUT2D eigenvalue weighted by Crippen LogP contribution is 2.28. The number of benzene rings is 2. The van der Waals surface area contributed by atoms with Crippen molar-refractivity contribution in [3.63, 3.8) is 0 Å². The van der Waals surface area contributed by atoms with E-state index in [2.05, 4.69) is 67.3 Å². The maximum absolute atomic E-state index is 12.7. The van der Waals surface area contributed by atoms with Gasteiger partial charge in [-0.1, -0.05) is 57.2 Å². The number of anilines is 1. The van der Waals surface area contributed by atoms with E-state index in [1.54, 1.807) is 6.20 Å². The molecule has 0 aliphatic carbocycles. The van der Waals surface area contributed by atoms with Gasteiger partial charge in [-0.05, 0) is 73.3 Å². The minimum Gasteiger partial charge on any atom is -0.485 e. The van der Waals surface area contributed by atoms with Gasteiger partial charge in [0.1, 0.15) is 6.61 Å². The number of aromatic nitrogens is 1. The average molecular weight is 473 g/mol. The van der Waals surface area contributed by atoms with Crippen LogP contribution >= 0.6 is 0 Å². The lowest BCUT2D eigenvalue weighted by Crippen LogP contribution is -2.43. The molecule has 1 amide bonds. The molecule has 0 bridgehead atoms. The monoisotopic (exact) mass is 472 g/mol. The molecule has 0 atom stereocenters. The Balaban J connectivity index is 1.40. The molecule has 0 spiro atoms. The Morgan fingerprint density at radius 2 is 1.71 bits per heavy atom. The third-order valence-corrected chi connectivity index (χ3v) is 6.63. The summed E-state index contributed by atoms with van der Waals surface area (Å²) in [4.78, 5) is 19.3.